The van der Waals surface area contributed by atoms with Gasteiger partial charge >= 0.3 is 0 Å². The highest BCUT2D eigenvalue weighted by molar-refractivity contribution is 5.78. The molecule has 1 aliphatic rings. The molecule has 1 heterocycles. The van der Waals surface area contributed by atoms with Crippen LogP contribution in [0, 0.1) is 0 Å². The molecule has 2 atom stereocenters. The van der Waals surface area contributed by atoms with Crippen molar-refractivity contribution in [1.82, 2.24) is 15.5 Å². The van der Waals surface area contributed by atoms with Crippen LogP contribution in [0.15, 0.2) is 30.3 Å². The van der Waals surface area contributed by atoms with Crippen LogP contribution in [0.3, 0.4) is 0 Å². The van der Waals surface area contributed by atoms with Crippen LogP contribution in [0.5, 0.6) is 0 Å². The highest BCUT2D eigenvalue weighted by Gasteiger charge is 2.22. The SMILES string of the molecule is CC(=O)N1CCC(NC(=O)CNC(C)C(C)c2ccccc2)CC1. The highest BCUT2D eigenvalue weighted by atomic mass is 16.2. The van der Waals surface area contributed by atoms with Crippen LogP contribution in [0.2, 0.25) is 0 Å². The zero-order valence-electron chi connectivity index (χ0n) is 14.9. The molecule has 0 radical (unpaired) electrons. The van der Waals surface area contributed by atoms with Crippen LogP contribution in [-0.2, 0) is 9.59 Å². The zero-order chi connectivity index (χ0) is 17.5. The highest BCUT2D eigenvalue weighted by Crippen LogP contribution is 2.18. The van der Waals surface area contributed by atoms with Crippen molar-refractivity contribution in [2.24, 2.45) is 0 Å². The van der Waals surface area contributed by atoms with Crippen molar-refractivity contribution < 1.29 is 9.59 Å². The summed E-state index contributed by atoms with van der Waals surface area (Å²) >= 11 is 0. The van der Waals surface area contributed by atoms with E-state index >= 15 is 0 Å². The number of hydrogen-bond acceptors (Lipinski definition) is 3. The Bertz CT molecular complexity index is 539. The van der Waals surface area contributed by atoms with Crippen molar-refractivity contribution >= 4 is 11.8 Å². The molecule has 2 unspecified atom stereocenters. The summed E-state index contributed by atoms with van der Waals surface area (Å²) in [5.41, 5.74) is 1.27. The zero-order valence-corrected chi connectivity index (χ0v) is 14.9. The molecule has 1 aliphatic heterocycles. The Morgan fingerprint density at radius 3 is 2.38 bits per heavy atom. The number of nitrogens with one attached hydrogen (secondary N) is 2. The smallest absolute Gasteiger partial charge is 0.234 e. The second kappa shape index (κ2) is 8.83. The van der Waals surface area contributed by atoms with Gasteiger partial charge in [-0.3, -0.25) is 9.59 Å². The maximum Gasteiger partial charge on any atom is 0.234 e. The summed E-state index contributed by atoms with van der Waals surface area (Å²) in [6.45, 7) is 7.66. The molecule has 0 aromatic heterocycles. The molecule has 0 saturated carbocycles. The van der Waals surface area contributed by atoms with E-state index in [9.17, 15) is 9.59 Å². The summed E-state index contributed by atoms with van der Waals surface area (Å²) in [4.78, 5) is 25.3. The molecular formula is C19H29N3O2. The average molecular weight is 331 g/mol. The largest absolute Gasteiger partial charge is 0.352 e. The van der Waals surface area contributed by atoms with E-state index in [0.29, 0.717) is 12.5 Å². The monoisotopic (exact) mass is 331 g/mol. The van der Waals surface area contributed by atoms with Crippen molar-refractivity contribution in [3.8, 4) is 0 Å². The van der Waals surface area contributed by atoms with Crippen molar-refractivity contribution in [2.45, 2.75) is 51.6 Å². The molecule has 1 saturated heterocycles. The molecular weight excluding hydrogens is 302 g/mol. The van der Waals surface area contributed by atoms with E-state index in [4.69, 9.17) is 0 Å². The van der Waals surface area contributed by atoms with Crippen LogP contribution in [0.4, 0.5) is 0 Å². The molecule has 5 heteroatoms. The normalized spacial score (nSPS) is 18.0. The predicted molar refractivity (Wildman–Crippen MR) is 95.7 cm³/mol. The van der Waals surface area contributed by atoms with Crippen molar-refractivity contribution in [3.05, 3.63) is 35.9 Å². The van der Waals surface area contributed by atoms with E-state index in [2.05, 4.69) is 36.6 Å². The fraction of sp³-hybridized carbons (Fsp3) is 0.579. The number of amides is 2. The summed E-state index contributed by atoms with van der Waals surface area (Å²) < 4.78 is 0. The molecule has 24 heavy (non-hydrogen) atoms. The Labute approximate surface area is 144 Å². The second-order valence-electron chi connectivity index (χ2n) is 6.72. The van der Waals surface area contributed by atoms with Crippen molar-refractivity contribution in [1.29, 1.82) is 0 Å². The average Bonchev–Trinajstić information content (AvgIpc) is 2.60. The third kappa shape index (κ3) is 5.34. The molecule has 1 aromatic carbocycles. The number of likely N-dealkylation sites (tertiary alicyclic amines) is 1. The van der Waals surface area contributed by atoms with E-state index in [-0.39, 0.29) is 23.9 Å². The van der Waals surface area contributed by atoms with Gasteiger partial charge < -0.3 is 15.5 Å². The van der Waals surface area contributed by atoms with Gasteiger partial charge in [0.2, 0.25) is 11.8 Å². The van der Waals surface area contributed by atoms with Crippen LogP contribution in [0.25, 0.3) is 0 Å². The molecule has 0 spiro atoms. The number of nitrogens with zero attached hydrogens (tertiary/aromatic N) is 1. The van der Waals surface area contributed by atoms with Gasteiger partial charge in [-0.2, -0.15) is 0 Å². The Morgan fingerprint density at radius 1 is 1.17 bits per heavy atom. The van der Waals surface area contributed by atoms with Crippen LogP contribution in [-0.4, -0.2) is 48.4 Å². The van der Waals surface area contributed by atoms with E-state index in [0.717, 1.165) is 25.9 Å². The van der Waals surface area contributed by atoms with Gasteiger partial charge in [0.05, 0.1) is 6.54 Å². The van der Waals surface area contributed by atoms with Gasteiger partial charge in [0.25, 0.3) is 0 Å². The predicted octanol–water partition coefficient (Wildman–Crippen LogP) is 1.90. The molecule has 1 aromatic rings. The van der Waals surface area contributed by atoms with Gasteiger partial charge in [0, 0.05) is 32.1 Å². The fourth-order valence-corrected chi connectivity index (χ4v) is 3.09. The minimum absolute atomic E-state index is 0.0309. The minimum atomic E-state index is 0.0309. The van der Waals surface area contributed by atoms with Gasteiger partial charge in [-0.05, 0) is 31.2 Å². The summed E-state index contributed by atoms with van der Waals surface area (Å²) in [5.74, 6) is 0.492. The second-order valence-corrected chi connectivity index (χ2v) is 6.72. The molecule has 5 nitrogen and oxygen atoms in total. The van der Waals surface area contributed by atoms with Gasteiger partial charge in [0.15, 0.2) is 0 Å². The third-order valence-corrected chi connectivity index (χ3v) is 4.97. The Balaban J connectivity index is 1.70. The summed E-state index contributed by atoms with van der Waals surface area (Å²) in [6, 6.07) is 10.7. The number of benzene rings is 1. The standard InChI is InChI=1S/C19H29N3O2/c1-14(17-7-5-4-6-8-17)15(2)20-13-19(24)21-18-9-11-22(12-10-18)16(3)23/h4-8,14-15,18,20H,9-13H2,1-3H3,(H,21,24). The van der Waals surface area contributed by atoms with E-state index in [1.54, 1.807) is 6.92 Å². The first-order chi connectivity index (χ1) is 11.5. The van der Waals surface area contributed by atoms with Crippen LogP contribution < -0.4 is 10.6 Å². The Hall–Kier alpha value is -1.88. The summed E-state index contributed by atoms with van der Waals surface area (Å²) in [7, 11) is 0. The lowest BCUT2D eigenvalue weighted by molar-refractivity contribution is -0.130. The van der Waals surface area contributed by atoms with E-state index < -0.39 is 0 Å². The van der Waals surface area contributed by atoms with Gasteiger partial charge in [-0.25, -0.2) is 0 Å². The fourth-order valence-electron chi connectivity index (χ4n) is 3.09. The first-order valence-electron chi connectivity index (χ1n) is 8.80. The first-order valence-corrected chi connectivity index (χ1v) is 8.80. The van der Waals surface area contributed by atoms with Gasteiger partial charge in [0.1, 0.15) is 0 Å². The first kappa shape index (κ1) is 18.5. The quantitative estimate of drug-likeness (QED) is 0.837. The van der Waals surface area contributed by atoms with Crippen molar-refractivity contribution in [2.75, 3.05) is 19.6 Å². The molecule has 2 amide bonds. The molecule has 2 rings (SSSR count). The lowest BCUT2D eigenvalue weighted by Crippen LogP contribution is -2.48. The van der Waals surface area contributed by atoms with Gasteiger partial charge in [-0.15, -0.1) is 0 Å². The van der Waals surface area contributed by atoms with Crippen molar-refractivity contribution in [3.63, 3.8) is 0 Å². The summed E-state index contributed by atoms with van der Waals surface area (Å²) in [6.07, 6.45) is 1.67. The maximum atomic E-state index is 12.1. The van der Waals surface area contributed by atoms with E-state index in [1.165, 1.54) is 5.56 Å². The molecule has 1 fully saturated rings. The lowest BCUT2D eigenvalue weighted by atomic mass is 9.94. The Morgan fingerprint density at radius 2 is 1.79 bits per heavy atom. The number of carbonyl (C=O) groups is 2. The topological polar surface area (TPSA) is 61.4 Å². The van der Waals surface area contributed by atoms with Gasteiger partial charge in [-0.1, -0.05) is 37.3 Å². The van der Waals surface area contributed by atoms with E-state index in [1.807, 2.05) is 23.1 Å². The lowest BCUT2D eigenvalue weighted by Gasteiger charge is -2.32. The third-order valence-electron chi connectivity index (χ3n) is 4.97. The Kier molecular flexibility index (Phi) is 6.79. The maximum absolute atomic E-state index is 12.1. The van der Waals surface area contributed by atoms with Crippen LogP contribution in [0.1, 0.15) is 45.1 Å². The minimum Gasteiger partial charge on any atom is -0.352 e. The number of carbonyl (C=O) groups excluding carboxylic acids is 2. The van der Waals surface area contributed by atoms with Crippen LogP contribution >= 0.6 is 0 Å². The molecule has 0 bridgehead atoms. The molecule has 2 N–H and O–H groups in total. The number of rotatable bonds is 6. The number of hydrogen-bond donors (Lipinski definition) is 2. The molecule has 0 aliphatic carbocycles. The molecule has 132 valence electrons. The summed E-state index contributed by atoms with van der Waals surface area (Å²) in [5, 5.41) is 6.39. The number of piperidine rings is 1.